The Morgan fingerprint density at radius 1 is 1.18 bits per heavy atom. The zero-order valence-corrected chi connectivity index (χ0v) is 15.9. The molecule has 1 aliphatic rings. The molecule has 2 N–H and O–H groups in total. The molecule has 2 heterocycles. The van der Waals surface area contributed by atoms with Crippen LogP contribution < -0.4 is 0 Å². The lowest BCUT2D eigenvalue weighted by Gasteiger charge is -2.05. The zero-order valence-electron chi connectivity index (χ0n) is 14.3. The molecule has 1 aliphatic heterocycles. The Morgan fingerprint density at radius 3 is 2.71 bits per heavy atom. The number of nitrogens with zero attached hydrogens (tertiary/aromatic N) is 3. The molecule has 0 unspecified atom stereocenters. The Labute approximate surface area is 168 Å². The van der Waals surface area contributed by atoms with Gasteiger partial charge in [-0.05, 0) is 30.3 Å². The molecule has 1 atom stereocenters. The fourth-order valence-corrected chi connectivity index (χ4v) is 3.77. The van der Waals surface area contributed by atoms with Crippen LogP contribution in [0.2, 0.25) is 5.02 Å². The molecule has 0 spiro atoms. The van der Waals surface area contributed by atoms with Gasteiger partial charge in [-0.15, -0.1) is 10.2 Å². The van der Waals surface area contributed by atoms with Gasteiger partial charge in [0.15, 0.2) is 11.5 Å². The molecule has 4 rings (SSSR count). The number of azo groups is 1. The molecule has 28 heavy (non-hydrogen) atoms. The van der Waals surface area contributed by atoms with Crippen molar-refractivity contribution in [2.75, 3.05) is 0 Å². The monoisotopic (exact) mass is 412 g/mol. The van der Waals surface area contributed by atoms with Crippen molar-refractivity contribution in [2.45, 2.75) is 11.7 Å². The van der Waals surface area contributed by atoms with Crippen molar-refractivity contribution >= 4 is 56.8 Å². The number of amidine groups is 1. The van der Waals surface area contributed by atoms with Gasteiger partial charge in [0.25, 0.3) is 5.91 Å². The fraction of sp³-hybridized carbons (Fsp3) is 0.105. The van der Waals surface area contributed by atoms with E-state index in [0.29, 0.717) is 16.0 Å². The van der Waals surface area contributed by atoms with Crippen LogP contribution in [0.1, 0.15) is 16.8 Å². The van der Waals surface area contributed by atoms with Crippen molar-refractivity contribution in [1.29, 1.82) is 0 Å². The Hall–Kier alpha value is -2.97. The molecule has 3 aromatic rings. The smallest absolute Gasteiger partial charge is 0.262 e. The molecule has 0 aliphatic carbocycles. The number of aliphatic imine (C=N–C) groups is 1. The van der Waals surface area contributed by atoms with Gasteiger partial charge in [-0.1, -0.05) is 41.6 Å². The second kappa shape index (κ2) is 7.57. The number of ketones is 1. The summed E-state index contributed by atoms with van der Waals surface area (Å²) in [6, 6.07) is 13.7. The topological polar surface area (TPSA) is 107 Å². The van der Waals surface area contributed by atoms with Crippen LogP contribution in [-0.4, -0.2) is 32.2 Å². The SMILES string of the molecule is O=C(C[C@H]1SC(N=Nc2c(O)[nH]c3ccccc23)=NC1=O)c1ccc(Cl)cc1. The van der Waals surface area contributed by atoms with E-state index in [-0.39, 0.29) is 28.9 Å². The summed E-state index contributed by atoms with van der Waals surface area (Å²) in [4.78, 5) is 31.1. The minimum absolute atomic E-state index is 0.00594. The minimum Gasteiger partial charge on any atom is -0.493 e. The maximum Gasteiger partial charge on any atom is 0.262 e. The van der Waals surface area contributed by atoms with Crippen LogP contribution in [0.25, 0.3) is 10.9 Å². The number of aromatic amines is 1. The molecule has 9 heteroatoms. The first-order chi connectivity index (χ1) is 13.5. The zero-order chi connectivity index (χ0) is 19.7. The molecule has 140 valence electrons. The number of amides is 1. The number of carbonyl (C=O) groups is 2. The number of benzene rings is 2. The highest BCUT2D eigenvalue weighted by Crippen LogP contribution is 2.36. The van der Waals surface area contributed by atoms with Gasteiger partial charge in [0, 0.05) is 22.4 Å². The van der Waals surface area contributed by atoms with Crippen LogP contribution in [0.5, 0.6) is 5.88 Å². The van der Waals surface area contributed by atoms with E-state index >= 15 is 0 Å². The minimum atomic E-state index is -0.645. The third kappa shape index (κ3) is 3.69. The molecular weight excluding hydrogens is 400 g/mol. The summed E-state index contributed by atoms with van der Waals surface area (Å²) in [6.45, 7) is 0. The van der Waals surface area contributed by atoms with E-state index < -0.39 is 11.2 Å². The van der Waals surface area contributed by atoms with E-state index in [1.54, 1.807) is 36.4 Å². The lowest BCUT2D eigenvalue weighted by Crippen LogP contribution is -2.16. The number of thioether (sulfide) groups is 1. The Balaban J connectivity index is 1.46. The van der Waals surface area contributed by atoms with Gasteiger partial charge >= 0.3 is 0 Å². The van der Waals surface area contributed by atoms with Gasteiger partial charge in [-0.3, -0.25) is 9.59 Å². The number of halogens is 1. The molecule has 0 bridgehead atoms. The molecule has 0 saturated heterocycles. The van der Waals surface area contributed by atoms with Gasteiger partial charge in [-0.25, -0.2) is 0 Å². The largest absolute Gasteiger partial charge is 0.493 e. The standard InChI is InChI=1S/C19H13ClN4O3S/c20-11-7-5-10(6-8-11)14(25)9-15-17(26)22-19(28-15)24-23-16-12-3-1-2-4-13(12)21-18(16)27/h1-8,15,21,27H,9H2/t15-/m1/s1. The summed E-state index contributed by atoms with van der Waals surface area (Å²) < 4.78 is 0. The van der Waals surface area contributed by atoms with E-state index in [1.165, 1.54) is 0 Å². The number of H-pyrrole nitrogens is 1. The number of carbonyl (C=O) groups excluding carboxylic acids is 2. The van der Waals surface area contributed by atoms with Gasteiger partial charge in [0.05, 0.1) is 5.52 Å². The Morgan fingerprint density at radius 2 is 1.93 bits per heavy atom. The second-order valence-corrected chi connectivity index (χ2v) is 7.65. The Bertz CT molecular complexity index is 1140. The third-order valence-electron chi connectivity index (χ3n) is 4.16. The van der Waals surface area contributed by atoms with Gasteiger partial charge in [0.2, 0.25) is 11.0 Å². The van der Waals surface area contributed by atoms with Gasteiger partial charge < -0.3 is 10.1 Å². The number of hydrogen-bond acceptors (Lipinski definition) is 6. The predicted octanol–water partition coefficient (Wildman–Crippen LogP) is 4.88. The molecule has 0 radical (unpaired) electrons. The van der Waals surface area contributed by atoms with Crippen LogP contribution in [0.3, 0.4) is 0 Å². The Kier molecular flexibility index (Phi) is 4.97. The first kappa shape index (κ1) is 18.4. The van der Waals surface area contributed by atoms with E-state index in [1.807, 2.05) is 12.1 Å². The van der Waals surface area contributed by atoms with Crippen LogP contribution >= 0.6 is 23.4 Å². The van der Waals surface area contributed by atoms with Gasteiger partial charge in [-0.2, -0.15) is 4.99 Å². The van der Waals surface area contributed by atoms with Crippen molar-refractivity contribution in [3.8, 4) is 5.88 Å². The van der Waals surface area contributed by atoms with Crippen LogP contribution in [0, 0.1) is 0 Å². The number of Topliss-reactive ketones (excluding diaryl/α,β-unsaturated/α-hetero) is 1. The summed E-state index contributed by atoms with van der Waals surface area (Å²) in [6.07, 6.45) is 0.00594. The highest BCUT2D eigenvalue weighted by Gasteiger charge is 2.31. The first-order valence-electron chi connectivity index (χ1n) is 8.30. The van der Waals surface area contributed by atoms with Crippen LogP contribution in [-0.2, 0) is 4.79 Å². The number of nitrogens with one attached hydrogen (secondary N) is 1. The molecule has 1 aromatic heterocycles. The lowest BCUT2D eigenvalue weighted by molar-refractivity contribution is -0.117. The molecule has 0 saturated carbocycles. The van der Waals surface area contributed by atoms with E-state index in [0.717, 1.165) is 17.3 Å². The molecule has 2 aromatic carbocycles. The van der Waals surface area contributed by atoms with E-state index in [9.17, 15) is 14.7 Å². The van der Waals surface area contributed by atoms with Crippen molar-refractivity contribution in [3.63, 3.8) is 0 Å². The van der Waals surface area contributed by atoms with Gasteiger partial charge in [0.1, 0.15) is 5.25 Å². The van der Waals surface area contributed by atoms with Crippen molar-refractivity contribution in [3.05, 3.63) is 59.1 Å². The van der Waals surface area contributed by atoms with Crippen molar-refractivity contribution < 1.29 is 14.7 Å². The molecule has 7 nitrogen and oxygen atoms in total. The number of para-hydroxylation sites is 1. The lowest BCUT2D eigenvalue weighted by atomic mass is 10.1. The summed E-state index contributed by atoms with van der Waals surface area (Å²) in [5.74, 6) is -0.719. The molecule has 1 amide bonds. The van der Waals surface area contributed by atoms with Crippen LogP contribution in [0.4, 0.5) is 5.69 Å². The number of rotatable bonds is 4. The maximum absolute atomic E-state index is 12.3. The summed E-state index contributed by atoms with van der Waals surface area (Å²) in [5.41, 5.74) is 1.47. The first-order valence-corrected chi connectivity index (χ1v) is 9.56. The average Bonchev–Trinajstić information content (AvgIpc) is 3.19. The summed E-state index contributed by atoms with van der Waals surface area (Å²) >= 11 is 6.90. The second-order valence-electron chi connectivity index (χ2n) is 6.04. The quantitative estimate of drug-likeness (QED) is 0.470. The van der Waals surface area contributed by atoms with E-state index in [2.05, 4.69) is 20.2 Å². The van der Waals surface area contributed by atoms with E-state index in [4.69, 9.17) is 11.6 Å². The molecular formula is C19H13ClN4O3S. The maximum atomic E-state index is 12.3. The highest BCUT2D eigenvalue weighted by molar-refractivity contribution is 8.15. The van der Waals surface area contributed by atoms with Crippen LogP contribution in [0.15, 0.2) is 63.8 Å². The predicted molar refractivity (Wildman–Crippen MR) is 109 cm³/mol. The number of aromatic nitrogens is 1. The summed E-state index contributed by atoms with van der Waals surface area (Å²) in [5, 5.41) is 18.8. The number of aromatic hydroxyl groups is 1. The van der Waals surface area contributed by atoms with Crippen molar-refractivity contribution in [1.82, 2.24) is 4.98 Å². The molecule has 0 fully saturated rings. The highest BCUT2D eigenvalue weighted by atomic mass is 35.5. The van der Waals surface area contributed by atoms with Crippen molar-refractivity contribution in [2.24, 2.45) is 15.2 Å². The fourth-order valence-electron chi connectivity index (χ4n) is 2.77. The normalized spacial score (nSPS) is 16.8. The summed E-state index contributed by atoms with van der Waals surface area (Å²) in [7, 11) is 0. The number of hydrogen-bond donors (Lipinski definition) is 2. The number of fused-ring (bicyclic) bond motifs is 1. The third-order valence-corrected chi connectivity index (χ3v) is 5.45. The average molecular weight is 413 g/mol.